The van der Waals surface area contributed by atoms with E-state index in [0.29, 0.717) is 5.56 Å². The molecule has 0 radical (unpaired) electrons. The molecule has 120 valence electrons. The van der Waals surface area contributed by atoms with Gasteiger partial charge in [-0.25, -0.2) is 0 Å². The molecule has 0 aliphatic heterocycles. The van der Waals surface area contributed by atoms with Crippen LogP contribution >= 0.6 is 0 Å². The third-order valence-corrected chi connectivity index (χ3v) is 3.53. The molecule has 0 aliphatic rings. The van der Waals surface area contributed by atoms with Crippen molar-refractivity contribution in [1.82, 2.24) is 5.32 Å². The lowest BCUT2D eigenvalue weighted by molar-refractivity contribution is -0.384. The first-order valence-corrected chi connectivity index (χ1v) is 7.21. The van der Waals surface area contributed by atoms with Gasteiger partial charge >= 0.3 is 0 Å². The summed E-state index contributed by atoms with van der Waals surface area (Å²) in [6.07, 6.45) is -0.757. The van der Waals surface area contributed by atoms with Gasteiger partial charge in [-0.05, 0) is 23.6 Å². The number of benzene rings is 2. The second-order valence-corrected chi connectivity index (χ2v) is 5.28. The minimum Gasteiger partial charge on any atom is -0.387 e. The van der Waals surface area contributed by atoms with E-state index in [1.54, 1.807) is 12.1 Å². The summed E-state index contributed by atoms with van der Waals surface area (Å²) in [5.41, 5.74) is 2.23. The molecule has 1 amide bonds. The lowest BCUT2D eigenvalue weighted by Gasteiger charge is -2.14. The van der Waals surface area contributed by atoms with Gasteiger partial charge in [0, 0.05) is 18.7 Å². The Morgan fingerprint density at radius 1 is 1.26 bits per heavy atom. The van der Waals surface area contributed by atoms with Crippen molar-refractivity contribution in [2.45, 2.75) is 19.4 Å². The number of aryl methyl sites for hydroxylation is 1. The first-order valence-electron chi connectivity index (χ1n) is 7.21. The van der Waals surface area contributed by atoms with Crippen LogP contribution < -0.4 is 5.32 Å². The maximum absolute atomic E-state index is 11.9. The van der Waals surface area contributed by atoms with E-state index >= 15 is 0 Å². The summed E-state index contributed by atoms with van der Waals surface area (Å²) < 4.78 is 0. The number of aliphatic hydroxyl groups excluding tert-OH is 1. The number of hydrogen-bond acceptors (Lipinski definition) is 4. The molecule has 0 spiro atoms. The summed E-state index contributed by atoms with van der Waals surface area (Å²) in [5.74, 6) is -0.293. The molecule has 0 aromatic heterocycles. The standard InChI is InChI=1S/C17H18N2O4/c1-12-5-2-3-8-15(12)16(20)11-18-17(21)10-13-6-4-7-14(9-13)19(22)23/h2-9,16,20H,10-11H2,1H3,(H,18,21)/t16-/m1/s1. The predicted octanol–water partition coefficient (Wildman–Crippen LogP) is 2.30. The number of nitro benzene ring substituents is 1. The fourth-order valence-corrected chi connectivity index (χ4v) is 2.31. The highest BCUT2D eigenvalue weighted by Gasteiger charge is 2.13. The molecule has 0 bridgehead atoms. The van der Waals surface area contributed by atoms with Gasteiger partial charge in [-0.1, -0.05) is 36.4 Å². The average molecular weight is 314 g/mol. The van der Waals surface area contributed by atoms with Crippen molar-refractivity contribution < 1.29 is 14.8 Å². The number of non-ortho nitro benzene ring substituents is 1. The Morgan fingerprint density at radius 3 is 2.70 bits per heavy atom. The number of hydrogen-bond donors (Lipinski definition) is 2. The lowest BCUT2D eigenvalue weighted by atomic mass is 10.0. The minimum absolute atomic E-state index is 0.0299. The molecule has 6 heteroatoms. The fourth-order valence-electron chi connectivity index (χ4n) is 2.31. The second kappa shape index (κ2) is 7.51. The van der Waals surface area contributed by atoms with Crippen molar-refractivity contribution in [2.24, 2.45) is 0 Å². The van der Waals surface area contributed by atoms with Crippen LogP contribution in [0.3, 0.4) is 0 Å². The van der Waals surface area contributed by atoms with Gasteiger partial charge < -0.3 is 10.4 Å². The third kappa shape index (κ3) is 4.62. The smallest absolute Gasteiger partial charge is 0.269 e. The number of carbonyl (C=O) groups is 1. The first kappa shape index (κ1) is 16.6. The van der Waals surface area contributed by atoms with Crippen molar-refractivity contribution in [1.29, 1.82) is 0 Å². The number of aliphatic hydroxyl groups is 1. The Morgan fingerprint density at radius 2 is 2.00 bits per heavy atom. The molecule has 2 aromatic carbocycles. The number of nitrogens with zero attached hydrogens (tertiary/aromatic N) is 1. The van der Waals surface area contributed by atoms with Crippen LogP contribution in [-0.4, -0.2) is 22.5 Å². The monoisotopic (exact) mass is 314 g/mol. The van der Waals surface area contributed by atoms with E-state index in [-0.39, 0.29) is 24.6 Å². The van der Waals surface area contributed by atoms with Gasteiger partial charge in [-0.3, -0.25) is 14.9 Å². The lowest BCUT2D eigenvalue weighted by Crippen LogP contribution is -2.29. The summed E-state index contributed by atoms with van der Waals surface area (Å²) >= 11 is 0. The van der Waals surface area contributed by atoms with Crippen molar-refractivity contribution >= 4 is 11.6 Å². The predicted molar refractivity (Wildman–Crippen MR) is 85.9 cm³/mol. The van der Waals surface area contributed by atoms with Gasteiger partial charge in [-0.15, -0.1) is 0 Å². The van der Waals surface area contributed by atoms with E-state index in [4.69, 9.17) is 0 Å². The van der Waals surface area contributed by atoms with Crippen molar-refractivity contribution in [3.8, 4) is 0 Å². The van der Waals surface area contributed by atoms with Gasteiger partial charge in [0.1, 0.15) is 0 Å². The second-order valence-electron chi connectivity index (χ2n) is 5.28. The maximum atomic E-state index is 11.9. The maximum Gasteiger partial charge on any atom is 0.269 e. The average Bonchev–Trinajstić information content (AvgIpc) is 2.53. The molecule has 0 fully saturated rings. The van der Waals surface area contributed by atoms with E-state index in [0.717, 1.165) is 11.1 Å². The van der Waals surface area contributed by atoms with E-state index < -0.39 is 11.0 Å². The molecule has 0 heterocycles. The Labute approximate surface area is 133 Å². The summed E-state index contributed by atoms with van der Waals surface area (Å²) in [4.78, 5) is 22.1. The van der Waals surface area contributed by atoms with E-state index in [1.807, 2.05) is 31.2 Å². The molecule has 0 aliphatic carbocycles. The molecule has 2 N–H and O–H groups in total. The van der Waals surface area contributed by atoms with Crippen LogP contribution in [0.1, 0.15) is 22.8 Å². The van der Waals surface area contributed by atoms with Crippen LogP contribution in [0.4, 0.5) is 5.69 Å². The van der Waals surface area contributed by atoms with Crippen LogP contribution in [0, 0.1) is 17.0 Å². The molecule has 23 heavy (non-hydrogen) atoms. The SMILES string of the molecule is Cc1ccccc1[C@H](O)CNC(=O)Cc1cccc([N+](=O)[O-])c1. The van der Waals surface area contributed by atoms with E-state index in [9.17, 15) is 20.0 Å². The van der Waals surface area contributed by atoms with Crippen LogP contribution in [0.15, 0.2) is 48.5 Å². The topological polar surface area (TPSA) is 92.5 Å². The zero-order valence-electron chi connectivity index (χ0n) is 12.7. The largest absolute Gasteiger partial charge is 0.387 e. The Hall–Kier alpha value is -2.73. The molecule has 2 rings (SSSR count). The molecular formula is C17H18N2O4. The third-order valence-electron chi connectivity index (χ3n) is 3.53. The number of nitrogens with one attached hydrogen (secondary N) is 1. The highest BCUT2D eigenvalue weighted by Crippen LogP contribution is 2.16. The number of carbonyl (C=O) groups excluding carboxylic acids is 1. The van der Waals surface area contributed by atoms with Crippen LogP contribution in [0.5, 0.6) is 0 Å². The quantitative estimate of drug-likeness (QED) is 0.632. The zero-order valence-corrected chi connectivity index (χ0v) is 12.7. The Bertz CT molecular complexity index is 715. The summed E-state index contributed by atoms with van der Waals surface area (Å²) in [6, 6.07) is 13.4. The normalized spacial score (nSPS) is 11.7. The number of nitro groups is 1. The molecule has 0 saturated carbocycles. The highest BCUT2D eigenvalue weighted by atomic mass is 16.6. The molecule has 1 atom stereocenters. The van der Waals surface area contributed by atoms with Crippen LogP contribution in [0.2, 0.25) is 0 Å². The van der Waals surface area contributed by atoms with Gasteiger partial charge in [0.2, 0.25) is 5.91 Å². The summed E-state index contributed by atoms with van der Waals surface area (Å²) in [5, 5.41) is 23.5. The molecular weight excluding hydrogens is 296 g/mol. The van der Waals surface area contributed by atoms with E-state index in [1.165, 1.54) is 12.1 Å². The molecule has 2 aromatic rings. The minimum atomic E-state index is -0.787. The van der Waals surface area contributed by atoms with Gasteiger partial charge in [-0.2, -0.15) is 0 Å². The van der Waals surface area contributed by atoms with Gasteiger partial charge in [0.05, 0.1) is 17.4 Å². The number of amides is 1. The molecule has 0 unspecified atom stereocenters. The summed E-state index contributed by atoms with van der Waals surface area (Å²) in [6.45, 7) is 1.99. The Balaban J connectivity index is 1.91. The number of rotatable bonds is 6. The molecule has 6 nitrogen and oxygen atoms in total. The van der Waals surface area contributed by atoms with Crippen LogP contribution in [-0.2, 0) is 11.2 Å². The van der Waals surface area contributed by atoms with Gasteiger partial charge in [0.15, 0.2) is 0 Å². The first-order chi connectivity index (χ1) is 11.0. The fraction of sp³-hybridized carbons (Fsp3) is 0.235. The highest BCUT2D eigenvalue weighted by molar-refractivity contribution is 5.78. The van der Waals surface area contributed by atoms with Gasteiger partial charge in [0.25, 0.3) is 5.69 Å². The van der Waals surface area contributed by atoms with E-state index in [2.05, 4.69) is 5.32 Å². The molecule has 0 saturated heterocycles. The zero-order chi connectivity index (χ0) is 16.8. The van der Waals surface area contributed by atoms with Crippen molar-refractivity contribution in [2.75, 3.05) is 6.54 Å². The van der Waals surface area contributed by atoms with Crippen LogP contribution in [0.25, 0.3) is 0 Å². The summed E-state index contributed by atoms with van der Waals surface area (Å²) in [7, 11) is 0. The van der Waals surface area contributed by atoms with Crippen molar-refractivity contribution in [3.05, 3.63) is 75.3 Å². The van der Waals surface area contributed by atoms with Crippen molar-refractivity contribution in [3.63, 3.8) is 0 Å². The Kier molecular flexibility index (Phi) is 5.43.